The Kier molecular flexibility index (Phi) is 6.42. The molecule has 3 heterocycles. The number of hydrogen-bond acceptors (Lipinski definition) is 9. The van der Waals surface area contributed by atoms with Crippen LogP contribution in [0.25, 0.3) is 0 Å². The van der Waals surface area contributed by atoms with Crippen LogP contribution in [0.15, 0.2) is 48.7 Å². The van der Waals surface area contributed by atoms with Gasteiger partial charge in [0.05, 0.1) is 11.1 Å². The normalized spacial score (nSPS) is 12.6. The Morgan fingerprint density at radius 3 is 2.90 bits per heavy atom. The molecule has 3 aromatic heterocycles. The van der Waals surface area contributed by atoms with Gasteiger partial charge in [0.2, 0.25) is 10.7 Å². The van der Waals surface area contributed by atoms with Crippen molar-refractivity contribution in [3.05, 3.63) is 61.0 Å². The molecule has 0 atom stereocenters. The van der Waals surface area contributed by atoms with E-state index in [2.05, 4.69) is 36.7 Å². The average molecular weight is 472 g/mol. The van der Waals surface area contributed by atoms with Gasteiger partial charge in [0, 0.05) is 6.54 Å². The van der Waals surface area contributed by atoms with Crippen LogP contribution >= 0.6 is 34.3 Å². The van der Waals surface area contributed by atoms with Crippen molar-refractivity contribution in [3.63, 3.8) is 0 Å². The number of thiophene rings is 1. The fraction of sp³-hybridized carbons (Fsp3) is 0.133. The fourth-order valence-electron chi connectivity index (χ4n) is 2.00. The second-order valence-electron chi connectivity index (χ2n) is 5.40. The zero-order chi connectivity index (χ0) is 21.0. The number of aromatic amines is 1. The monoisotopic (exact) mass is 471 g/mol. The van der Waals surface area contributed by atoms with Crippen LogP contribution in [-0.2, 0) is 16.6 Å². The second-order valence-corrected chi connectivity index (χ2v) is 9.54. The highest BCUT2D eigenvalue weighted by atomic mass is 35.5. The number of nitrogens with zero attached hydrogens (tertiary/aromatic N) is 5. The van der Waals surface area contributed by atoms with Crippen molar-refractivity contribution in [2.24, 2.45) is 9.50 Å². The molecule has 0 amide bonds. The lowest BCUT2D eigenvalue weighted by molar-refractivity contribution is 0.597. The first kappa shape index (κ1) is 21.1. The van der Waals surface area contributed by atoms with Gasteiger partial charge >= 0.3 is 0 Å². The topological polar surface area (TPSA) is 134 Å². The number of sulfonamides is 1. The first-order chi connectivity index (χ1) is 13.8. The minimum Gasteiger partial charge on any atom is -0.302 e. The predicted molar refractivity (Wildman–Crippen MR) is 113 cm³/mol. The maximum Gasteiger partial charge on any atom is 0.294 e. The smallest absolute Gasteiger partial charge is 0.294 e. The van der Waals surface area contributed by atoms with Crippen molar-refractivity contribution in [1.82, 2.24) is 19.7 Å². The second kappa shape index (κ2) is 8.82. The number of thiazole rings is 1. The molecule has 152 valence electrons. The van der Waals surface area contributed by atoms with E-state index in [1.807, 2.05) is 0 Å². The van der Waals surface area contributed by atoms with E-state index in [0.29, 0.717) is 4.88 Å². The Morgan fingerprint density at radius 1 is 1.45 bits per heavy atom. The van der Waals surface area contributed by atoms with Crippen molar-refractivity contribution < 1.29 is 8.42 Å². The number of anilines is 1. The van der Waals surface area contributed by atoms with Crippen LogP contribution in [0.5, 0.6) is 0 Å². The molecule has 0 spiro atoms. The van der Waals surface area contributed by atoms with Crippen LogP contribution in [-0.4, -0.2) is 34.4 Å². The molecule has 0 saturated heterocycles. The first-order valence-electron chi connectivity index (χ1n) is 7.89. The maximum absolute atomic E-state index is 12.5. The number of hydrogen-bond donors (Lipinski definition) is 2. The van der Waals surface area contributed by atoms with Crippen molar-refractivity contribution in [3.8, 4) is 0 Å². The Hall–Kier alpha value is -2.61. The summed E-state index contributed by atoms with van der Waals surface area (Å²) in [6, 6.07) is 3.11. The van der Waals surface area contributed by atoms with Crippen molar-refractivity contribution in [2.75, 3.05) is 5.43 Å². The molecule has 0 aliphatic carbocycles. The lowest BCUT2D eigenvalue weighted by Crippen LogP contribution is -2.16. The largest absolute Gasteiger partial charge is 0.302 e. The number of allylic oxidation sites excluding steroid dienone is 1. The summed E-state index contributed by atoms with van der Waals surface area (Å²) in [6.07, 6.45) is 2.93. The SMILES string of the molecule is C=CCn1c(Cl)c(/C=N/Nc2nnc(C)c(=O)[nH]2)s/c1=N\S(=O)(=O)c1cccs1. The lowest BCUT2D eigenvalue weighted by atomic mass is 10.5. The molecule has 0 aromatic carbocycles. The van der Waals surface area contributed by atoms with Gasteiger partial charge in [-0.05, 0) is 18.4 Å². The minimum atomic E-state index is -3.86. The number of aryl methyl sites for hydroxylation is 1. The molecule has 0 aliphatic rings. The predicted octanol–water partition coefficient (Wildman–Crippen LogP) is 1.97. The van der Waals surface area contributed by atoms with E-state index in [-0.39, 0.29) is 32.4 Å². The first-order valence-corrected chi connectivity index (χ1v) is 11.4. The maximum atomic E-state index is 12.5. The van der Waals surface area contributed by atoms with Gasteiger partial charge in [0.1, 0.15) is 15.1 Å². The fourth-order valence-corrected chi connectivity index (χ4v) is 5.44. The van der Waals surface area contributed by atoms with E-state index in [0.717, 1.165) is 22.7 Å². The van der Waals surface area contributed by atoms with E-state index in [4.69, 9.17) is 11.6 Å². The Bertz CT molecular complexity index is 1290. The number of rotatable bonds is 7. The molecule has 14 heteroatoms. The summed E-state index contributed by atoms with van der Waals surface area (Å²) < 4.78 is 30.5. The van der Waals surface area contributed by atoms with Gasteiger partial charge in [0.15, 0.2) is 0 Å². The van der Waals surface area contributed by atoms with E-state index in [1.54, 1.807) is 17.5 Å². The van der Waals surface area contributed by atoms with Crippen molar-refractivity contribution in [1.29, 1.82) is 0 Å². The molecule has 0 radical (unpaired) electrons. The van der Waals surface area contributed by atoms with Crippen LogP contribution < -0.4 is 15.8 Å². The minimum absolute atomic E-state index is 0.0497. The molecule has 29 heavy (non-hydrogen) atoms. The van der Waals surface area contributed by atoms with E-state index in [1.165, 1.54) is 23.8 Å². The summed E-state index contributed by atoms with van der Waals surface area (Å²) >= 11 is 8.47. The molecular formula is C15H14ClN7O3S3. The van der Waals surface area contributed by atoms with Crippen LogP contribution in [0.3, 0.4) is 0 Å². The molecule has 0 saturated carbocycles. The standard InChI is InChI=1S/C15H14ClN7O3S3/c1-3-6-23-12(16)10(8-17-20-14-18-13(24)9(2)19-21-14)28-15(23)22-29(25,26)11-5-4-7-27-11/h3-5,7-8H,1,6H2,2H3,(H2,18,20,21,24)/b17-8+,22-15-. The van der Waals surface area contributed by atoms with Crippen LogP contribution in [0.1, 0.15) is 10.6 Å². The van der Waals surface area contributed by atoms with E-state index in [9.17, 15) is 13.2 Å². The summed E-state index contributed by atoms with van der Waals surface area (Å²) in [4.78, 5) is 14.6. The molecule has 3 aromatic rings. The third-order valence-electron chi connectivity index (χ3n) is 3.34. The molecule has 2 N–H and O–H groups in total. The van der Waals surface area contributed by atoms with Gasteiger partial charge in [-0.25, -0.2) is 5.43 Å². The van der Waals surface area contributed by atoms with Gasteiger partial charge in [-0.2, -0.15) is 13.5 Å². The third-order valence-corrected chi connectivity index (χ3v) is 7.63. The summed E-state index contributed by atoms with van der Waals surface area (Å²) in [5, 5.41) is 13.3. The van der Waals surface area contributed by atoms with Gasteiger partial charge in [-0.3, -0.25) is 9.78 Å². The van der Waals surface area contributed by atoms with Crippen LogP contribution in [0, 0.1) is 6.92 Å². The molecule has 3 rings (SSSR count). The van der Waals surface area contributed by atoms with E-state index < -0.39 is 15.6 Å². The number of H-pyrrole nitrogens is 1. The van der Waals surface area contributed by atoms with Gasteiger partial charge in [0.25, 0.3) is 15.6 Å². The van der Waals surface area contributed by atoms with Gasteiger partial charge in [-0.1, -0.05) is 35.1 Å². The Balaban J connectivity index is 1.95. The van der Waals surface area contributed by atoms with Crippen molar-refractivity contribution >= 4 is 56.5 Å². The molecule has 10 nitrogen and oxygen atoms in total. The summed E-state index contributed by atoms with van der Waals surface area (Å²) in [5.41, 5.74) is 2.36. The summed E-state index contributed by atoms with van der Waals surface area (Å²) in [5.74, 6) is 0.0497. The number of nitrogens with one attached hydrogen (secondary N) is 2. The molecule has 0 unspecified atom stereocenters. The Morgan fingerprint density at radius 2 is 2.24 bits per heavy atom. The highest BCUT2D eigenvalue weighted by molar-refractivity contribution is 7.92. The molecule has 0 aliphatic heterocycles. The van der Waals surface area contributed by atoms with Crippen molar-refractivity contribution in [2.45, 2.75) is 17.7 Å². The Labute approximate surface area is 178 Å². The van der Waals surface area contributed by atoms with E-state index >= 15 is 0 Å². The summed E-state index contributed by atoms with van der Waals surface area (Å²) in [6.45, 7) is 5.43. The van der Waals surface area contributed by atoms with Gasteiger partial charge < -0.3 is 4.57 Å². The zero-order valence-corrected chi connectivity index (χ0v) is 18.1. The molecule has 0 bridgehead atoms. The third kappa shape index (κ3) is 4.87. The average Bonchev–Trinajstić information content (AvgIpc) is 3.30. The zero-order valence-electron chi connectivity index (χ0n) is 14.9. The number of halogens is 1. The number of hydrazone groups is 1. The molecule has 0 fully saturated rings. The van der Waals surface area contributed by atoms with Crippen LogP contribution in [0.2, 0.25) is 5.15 Å². The molecular weight excluding hydrogens is 458 g/mol. The quantitative estimate of drug-likeness (QED) is 0.307. The highest BCUT2D eigenvalue weighted by Gasteiger charge is 2.16. The van der Waals surface area contributed by atoms with Crippen LogP contribution in [0.4, 0.5) is 5.95 Å². The lowest BCUT2D eigenvalue weighted by Gasteiger charge is -2.00. The van der Waals surface area contributed by atoms with Gasteiger partial charge in [-0.15, -0.1) is 32.5 Å². The highest BCUT2D eigenvalue weighted by Crippen LogP contribution is 2.20. The number of aromatic nitrogens is 4. The summed E-state index contributed by atoms with van der Waals surface area (Å²) in [7, 11) is -3.86.